The highest BCUT2D eigenvalue weighted by Crippen LogP contribution is 2.27. The smallest absolute Gasteiger partial charge is 0.266 e. The van der Waals surface area contributed by atoms with Gasteiger partial charge in [-0.3, -0.25) is 9.69 Å². The van der Waals surface area contributed by atoms with Crippen LogP contribution in [0, 0.1) is 5.92 Å². The van der Waals surface area contributed by atoms with E-state index in [9.17, 15) is 4.79 Å². The molecule has 1 saturated carbocycles. The van der Waals surface area contributed by atoms with Gasteiger partial charge in [0.05, 0.1) is 12.2 Å². The van der Waals surface area contributed by atoms with Gasteiger partial charge in [-0.2, -0.15) is 5.10 Å². The molecule has 24 heavy (non-hydrogen) atoms. The summed E-state index contributed by atoms with van der Waals surface area (Å²) < 4.78 is 1.64. The van der Waals surface area contributed by atoms with Gasteiger partial charge in [0.2, 0.25) is 0 Å². The molecule has 0 amide bonds. The summed E-state index contributed by atoms with van der Waals surface area (Å²) >= 11 is 0. The van der Waals surface area contributed by atoms with E-state index in [-0.39, 0.29) is 11.0 Å². The largest absolute Gasteiger partial charge is 0.301 e. The number of piperazine rings is 1. The summed E-state index contributed by atoms with van der Waals surface area (Å²) in [6.07, 6.45) is 4.29. The molecule has 134 valence electrons. The second kappa shape index (κ2) is 7.36. The molecule has 1 aromatic heterocycles. The average Bonchev–Trinajstić information content (AvgIpc) is 2.50. The lowest BCUT2D eigenvalue weighted by Gasteiger charge is -2.38. The van der Waals surface area contributed by atoms with Crippen LogP contribution in [0.3, 0.4) is 0 Å². The Balaban J connectivity index is 1.48. The Morgan fingerprint density at radius 2 is 1.71 bits per heavy atom. The van der Waals surface area contributed by atoms with Crippen LogP contribution in [-0.4, -0.2) is 58.8 Å². The summed E-state index contributed by atoms with van der Waals surface area (Å²) in [4.78, 5) is 17.1. The summed E-state index contributed by atoms with van der Waals surface area (Å²) in [5.41, 5.74) is 0.960. The van der Waals surface area contributed by atoms with Crippen LogP contribution in [0.5, 0.6) is 0 Å². The third kappa shape index (κ3) is 4.45. The second-order valence-corrected chi connectivity index (χ2v) is 8.47. The van der Waals surface area contributed by atoms with Crippen molar-refractivity contribution in [1.29, 1.82) is 0 Å². The van der Waals surface area contributed by atoms with Crippen molar-refractivity contribution in [3.05, 3.63) is 28.2 Å². The van der Waals surface area contributed by atoms with Gasteiger partial charge in [-0.25, -0.2) is 4.68 Å². The van der Waals surface area contributed by atoms with Crippen molar-refractivity contribution >= 4 is 0 Å². The van der Waals surface area contributed by atoms with Crippen LogP contribution in [0.1, 0.15) is 45.7 Å². The first-order valence-electron chi connectivity index (χ1n) is 9.45. The van der Waals surface area contributed by atoms with Crippen LogP contribution in [0.25, 0.3) is 0 Å². The molecule has 2 aliphatic rings. The number of hydrogen-bond acceptors (Lipinski definition) is 4. The molecule has 0 radical (unpaired) electrons. The van der Waals surface area contributed by atoms with Gasteiger partial charge in [0.25, 0.3) is 5.56 Å². The van der Waals surface area contributed by atoms with Gasteiger partial charge in [0.15, 0.2) is 0 Å². The molecule has 0 spiro atoms. The first-order chi connectivity index (χ1) is 11.4. The van der Waals surface area contributed by atoms with Crippen molar-refractivity contribution in [2.75, 3.05) is 39.3 Å². The summed E-state index contributed by atoms with van der Waals surface area (Å²) in [5, 5.41) is 4.57. The third-order valence-electron chi connectivity index (χ3n) is 5.47. The predicted molar refractivity (Wildman–Crippen MR) is 97.4 cm³/mol. The lowest BCUT2D eigenvalue weighted by atomic mass is 9.85. The highest BCUT2D eigenvalue weighted by atomic mass is 16.1. The lowest BCUT2D eigenvalue weighted by molar-refractivity contribution is 0.0975. The molecule has 3 rings (SSSR count). The Bertz CT molecular complexity index is 592. The standard InChI is InChI=1S/C19H32N4O/c1-19(2,3)17-7-8-18(24)23(20-17)14-13-21-9-11-22(12-10-21)15-16-5-4-6-16/h7-8,16H,4-6,9-15H2,1-3H3. The fourth-order valence-corrected chi connectivity index (χ4v) is 3.48. The summed E-state index contributed by atoms with van der Waals surface area (Å²) in [7, 11) is 0. The third-order valence-corrected chi connectivity index (χ3v) is 5.47. The monoisotopic (exact) mass is 332 g/mol. The fraction of sp³-hybridized carbons (Fsp3) is 0.789. The highest BCUT2D eigenvalue weighted by molar-refractivity contribution is 5.10. The minimum Gasteiger partial charge on any atom is -0.301 e. The first-order valence-corrected chi connectivity index (χ1v) is 9.45. The van der Waals surface area contributed by atoms with Gasteiger partial charge in [-0.1, -0.05) is 27.2 Å². The summed E-state index contributed by atoms with van der Waals surface area (Å²) in [6.45, 7) is 13.8. The molecule has 5 heteroatoms. The van der Waals surface area contributed by atoms with Crippen LogP contribution >= 0.6 is 0 Å². The maximum Gasteiger partial charge on any atom is 0.266 e. The number of nitrogens with zero attached hydrogens (tertiary/aromatic N) is 4. The van der Waals surface area contributed by atoms with Crippen molar-refractivity contribution in [1.82, 2.24) is 19.6 Å². The molecular formula is C19H32N4O. The zero-order valence-electron chi connectivity index (χ0n) is 15.5. The Labute approximate surface area is 145 Å². The first kappa shape index (κ1) is 17.6. The molecular weight excluding hydrogens is 300 g/mol. The van der Waals surface area contributed by atoms with E-state index in [0.717, 1.165) is 31.2 Å². The van der Waals surface area contributed by atoms with Crippen molar-refractivity contribution in [3.8, 4) is 0 Å². The second-order valence-electron chi connectivity index (χ2n) is 8.47. The van der Waals surface area contributed by atoms with Crippen LogP contribution in [0.2, 0.25) is 0 Å². The van der Waals surface area contributed by atoms with Crippen LogP contribution in [-0.2, 0) is 12.0 Å². The van der Waals surface area contributed by atoms with E-state index in [4.69, 9.17) is 0 Å². The van der Waals surface area contributed by atoms with Gasteiger partial charge in [0, 0.05) is 50.7 Å². The molecule has 1 aromatic rings. The maximum atomic E-state index is 12.1. The van der Waals surface area contributed by atoms with E-state index < -0.39 is 0 Å². The molecule has 0 N–H and O–H groups in total. The van der Waals surface area contributed by atoms with Crippen LogP contribution in [0.4, 0.5) is 0 Å². The molecule has 0 aromatic carbocycles. The van der Waals surface area contributed by atoms with E-state index in [1.807, 2.05) is 6.07 Å². The summed E-state index contributed by atoms with van der Waals surface area (Å²) in [5.74, 6) is 0.958. The predicted octanol–water partition coefficient (Wildman–Crippen LogP) is 1.96. The molecule has 0 atom stereocenters. The van der Waals surface area contributed by atoms with Gasteiger partial charge in [0.1, 0.15) is 0 Å². The Morgan fingerprint density at radius 3 is 2.29 bits per heavy atom. The van der Waals surface area contributed by atoms with Crippen LogP contribution in [0.15, 0.2) is 16.9 Å². The normalized spacial score (nSPS) is 21.0. The van der Waals surface area contributed by atoms with Gasteiger partial charge in [-0.05, 0) is 24.8 Å². The number of hydrogen-bond donors (Lipinski definition) is 0. The topological polar surface area (TPSA) is 41.4 Å². The highest BCUT2D eigenvalue weighted by Gasteiger charge is 2.23. The fourth-order valence-electron chi connectivity index (χ4n) is 3.48. The van der Waals surface area contributed by atoms with Crippen molar-refractivity contribution in [2.24, 2.45) is 5.92 Å². The van der Waals surface area contributed by atoms with Gasteiger partial charge in [-0.15, -0.1) is 0 Å². The van der Waals surface area contributed by atoms with Crippen molar-refractivity contribution in [3.63, 3.8) is 0 Å². The number of rotatable bonds is 5. The maximum absolute atomic E-state index is 12.1. The minimum absolute atomic E-state index is 0.00613. The Kier molecular flexibility index (Phi) is 5.40. The average molecular weight is 332 g/mol. The van der Waals surface area contributed by atoms with Gasteiger partial charge >= 0.3 is 0 Å². The zero-order valence-corrected chi connectivity index (χ0v) is 15.5. The van der Waals surface area contributed by atoms with E-state index in [2.05, 4.69) is 35.7 Å². The van der Waals surface area contributed by atoms with E-state index >= 15 is 0 Å². The van der Waals surface area contributed by atoms with E-state index in [1.54, 1.807) is 10.7 Å². The zero-order chi connectivity index (χ0) is 17.2. The van der Waals surface area contributed by atoms with Crippen LogP contribution < -0.4 is 5.56 Å². The number of aromatic nitrogens is 2. The van der Waals surface area contributed by atoms with E-state index in [0.29, 0.717) is 6.54 Å². The molecule has 5 nitrogen and oxygen atoms in total. The molecule has 0 unspecified atom stereocenters. The Hall–Kier alpha value is -1.20. The quantitative estimate of drug-likeness (QED) is 0.826. The molecule has 0 bridgehead atoms. The van der Waals surface area contributed by atoms with Crippen molar-refractivity contribution in [2.45, 2.75) is 52.0 Å². The molecule has 1 saturated heterocycles. The minimum atomic E-state index is -0.0252. The van der Waals surface area contributed by atoms with E-state index in [1.165, 1.54) is 38.9 Å². The Morgan fingerprint density at radius 1 is 1.04 bits per heavy atom. The van der Waals surface area contributed by atoms with Gasteiger partial charge < -0.3 is 4.90 Å². The molecule has 2 heterocycles. The SMILES string of the molecule is CC(C)(C)c1ccc(=O)n(CCN2CCN(CC3CCC3)CC2)n1. The van der Waals surface area contributed by atoms with Crippen molar-refractivity contribution < 1.29 is 0 Å². The lowest BCUT2D eigenvalue weighted by Crippen LogP contribution is -2.49. The molecule has 1 aliphatic carbocycles. The molecule has 2 fully saturated rings. The molecule has 1 aliphatic heterocycles. The summed E-state index contributed by atoms with van der Waals surface area (Å²) in [6, 6.07) is 3.52.